The van der Waals surface area contributed by atoms with Gasteiger partial charge in [0.2, 0.25) is 0 Å². The number of nitrogens with one attached hydrogen (secondary N) is 1. The lowest BCUT2D eigenvalue weighted by atomic mass is 10.1. The third-order valence-electron chi connectivity index (χ3n) is 2.55. The standard InChI is InChI=1S/C12H20BrNO2S/c1-4-6-14-10(12(15-2)16-3)8-11-9(13)5-7-17-11/h5,7,10,12,14H,4,6,8H2,1-3H3. The molecule has 0 bridgehead atoms. The molecule has 1 atom stereocenters. The number of thiophene rings is 1. The molecule has 0 aromatic carbocycles. The number of hydrogen-bond acceptors (Lipinski definition) is 4. The van der Waals surface area contributed by atoms with Gasteiger partial charge in [-0.2, -0.15) is 0 Å². The summed E-state index contributed by atoms with van der Waals surface area (Å²) in [7, 11) is 3.36. The van der Waals surface area contributed by atoms with Crippen molar-refractivity contribution in [1.82, 2.24) is 5.32 Å². The van der Waals surface area contributed by atoms with E-state index in [9.17, 15) is 0 Å². The third kappa shape index (κ3) is 4.67. The van der Waals surface area contributed by atoms with Gasteiger partial charge in [-0.25, -0.2) is 0 Å². The number of hydrogen-bond donors (Lipinski definition) is 1. The lowest BCUT2D eigenvalue weighted by Gasteiger charge is -2.25. The van der Waals surface area contributed by atoms with Crippen LogP contribution in [0.1, 0.15) is 18.2 Å². The van der Waals surface area contributed by atoms with Crippen molar-refractivity contribution in [1.29, 1.82) is 0 Å². The molecule has 1 heterocycles. The van der Waals surface area contributed by atoms with E-state index >= 15 is 0 Å². The fourth-order valence-electron chi connectivity index (χ4n) is 1.69. The summed E-state index contributed by atoms with van der Waals surface area (Å²) in [6.07, 6.45) is 1.79. The zero-order chi connectivity index (χ0) is 12.7. The minimum absolute atomic E-state index is 0.180. The molecule has 0 spiro atoms. The van der Waals surface area contributed by atoms with Crippen molar-refractivity contribution < 1.29 is 9.47 Å². The second-order valence-electron chi connectivity index (χ2n) is 3.80. The Kier molecular flexibility index (Phi) is 7.30. The highest BCUT2D eigenvalue weighted by Gasteiger charge is 2.21. The molecule has 0 radical (unpaired) electrons. The number of methoxy groups -OCH3 is 2. The van der Waals surface area contributed by atoms with Gasteiger partial charge in [-0.05, 0) is 40.3 Å². The van der Waals surface area contributed by atoms with E-state index in [0.29, 0.717) is 0 Å². The van der Waals surface area contributed by atoms with Crippen LogP contribution in [0.3, 0.4) is 0 Å². The summed E-state index contributed by atoms with van der Waals surface area (Å²) in [5.41, 5.74) is 0. The molecule has 0 saturated carbocycles. The molecular formula is C12H20BrNO2S. The first-order chi connectivity index (χ1) is 8.22. The summed E-state index contributed by atoms with van der Waals surface area (Å²) in [6, 6.07) is 2.26. The van der Waals surface area contributed by atoms with Crippen molar-refractivity contribution in [3.05, 3.63) is 20.8 Å². The maximum Gasteiger partial charge on any atom is 0.172 e. The average Bonchev–Trinajstić information content (AvgIpc) is 2.73. The summed E-state index contributed by atoms with van der Waals surface area (Å²) >= 11 is 5.31. The van der Waals surface area contributed by atoms with Crippen LogP contribution in [-0.2, 0) is 15.9 Å². The number of rotatable bonds is 8. The highest BCUT2D eigenvalue weighted by molar-refractivity contribution is 9.10. The van der Waals surface area contributed by atoms with Gasteiger partial charge in [0.05, 0.1) is 6.04 Å². The van der Waals surface area contributed by atoms with Crippen molar-refractivity contribution in [3.8, 4) is 0 Å². The maximum absolute atomic E-state index is 5.35. The molecule has 98 valence electrons. The molecule has 1 aromatic heterocycles. The Morgan fingerprint density at radius 1 is 1.41 bits per heavy atom. The normalized spacial score (nSPS) is 13.2. The molecule has 1 rings (SSSR count). The van der Waals surface area contributed by atoms with Crippen molar-refractivity contribution in [3.63, 3.8) is 0 Å². The number of halogens is 1. The summed E-state index contributed by atoms with van der Waals surface area (Å²) in [4.78, 5) is 1.32. The van der Waals surface area contributed by atoms with E-state index in [-0.39, 0.29) is 12.3 Å². The van der Waals surface area contributed by atoms with E-state index in [0.717, 1.165) is 23.9 Å². The third-order valence-corrected chi connectivity index (χ3v) is 4.49. The van der Waals surface area contributed by atoms with Crippen LogP contribution in [0.15, 0.2) is 15.9 Å². The fraction of sp³-hybridized carbons (Fsp3) is 0.667. The lowest BCUT2D eigenvalue weighted by molar-refractivity contribution is -0.122. The van der Waals surface area contributed by atoms with Crippen LogP contribution >= 0.6 is 27.3 Å². The molecule has 0 saturated heterocycles. The molecule has 1 aromatic rings. The largest absolute Gasteiger partial charge is 0.354 e. The summed E-state index contributed by atoms with van der Waals surface area (Å²) in [5.74, 6) is 0. The molecule has 0 amide bonds. The second kappa shape index (κ2) is 8.21. The van der Waals surface area contributed by atoms with E-state index in [2.05, 4.69) is 39.6 Å². The van der Waals surface area contributed by atoms with Crippen LogP contribution in [0.25, 0.3) is 0 Å². The van der Waals surface area contributed by atoms with E-state index in [1.807, 2.05) is 0 Å². The minimum Gasteiger partial charge on any atom is -0.354 e. The Hall–Kier alpha value is 0.0600. The summed E-state index contributed by atoms with van der Waals surface area (Å²) < 4.78 is 11.9. The van der Waals surface area contributed by atoms with E-state index < -0.39 is 0 Å². The van der Waals surface area contributed by atoms with Gasteiger partial charge in [0, 0.05) is 30.0 Å². The first-order valence-corrected chi connectivity index (χ1v) is 7.41. The van der Waals surface area contributed by atoms with Crippen molar-refractivity contribution >= 4 is 27.3 Å². The van der Waals surface area contributed by atoms with Crippen molar-refractivity contribution in [2.75, 3.05) is 20.8 Å². The molecule has 3 nitrogen and oxygen atoms in total. The Morgan fingerprint density at radius 3 is 2.59 bits per heavy atom. The summed E-state index contributed by atoms with van der Waals surface area (Å²) in [6.45, 7) is 3.12. The van der Waals surface area contributed by atoms with E-state index in [4.69, 9.17) is 9.47 Å². The van der Waals surface area contributed by atoms with E-state index in [1.54, 1.807) is 25.6 Å². The smallest absolute Gasteiger partial charge is 0.172 e. The Balaban J connectivity index is 2.65. The molecule has 1 unspecified atom stereocenters. The molecule has 0 aliphatic heterocycles. The first-order valence-electron chi connectivity index (χ1n) is 5.73. The zero-order valence-corrected chi connectivity index (χ0v) is 12.9. The van der Waals surface area contributed by atoms with Crippen LogP contribution in [0.2, 0.25) is 0 Å². The van der Waals surface area contributed by atoms with Gasteiger partial charge >= 0.3 is 0 Å². The van der Waals surface area contributed by atoms with Crippen molar-refractivity contribution in [2.24, 2.45) is 0 Å². The van der Waals surface area contributed by atoms with Gasteiger partial charge in [-0.15, -0.1) is 11.3 Å². The van der Waals surface area contributed by atoms with E-state index in [1.165, 1.54) is 4.88 Å². The van der Waals surface area contributed by atoms with Crippen LogP contribution in [0.4, 0.5) is 0 Å². The predicted molar refractivity (Wildman–Crippen MR) is 75.6 cm³/mol. The van der Waals surface area contributed by atoms with Gasteiger partial charge in [-0.1, -0.05) is 6.92 Å². The fourth-order valence-corrected chi connectivity index (χ4v) is 3.26. The van der Waals surface area contributed by atoms with Crippen LogP contribution in [0, 0.1) is 0 Å². The molecule has 0 aliphatic carbocycles. The molecule has 0 fully saturated rings. The Labute approximate surface area is 116 Å². The summed E-state index contributed by atoms with van der Waals surface area (Å²) in [5, 5.41) is 5.56. The van der Waals surface area contributed by atoms with Crippen LogP contribution in [0.5, 0.6) is 0 Å². The van der Waals surface area contributed by atoms with Crippen LogP contribution in [-0.4, -0.2) is 33.1 Å². The SMILES string of the molecule is CCCNC(Cc1sccc1Br)C(OC)OC. The first kappa shape index (κ1) is 15.1. The molecular weight excluding hydrogens is 302 g/mol. The molecule has 5 heteroatoms. The van der Waals surface area contributed by atoms with Gasteiger partial charge < -0.3 is 14.8 Å². The average molecular weight is 322 g/mol. The maximum atomic E-state index is 5.35. The molecule has 0 aliphatic rings. The quantitative estimate of drug-likeness (QED) is 0.746. The zero-order valence-electron chi connectivity index (χ0n) is 10.5. The lowest BCUT2D eigenvalue weighted by Crippen LogP contribution is -2.43. The van der Waals surface area contributed by atoms with Gasteiger partial charge in [-0.3, -0.25) is 0 Å². The number of ether oxygens (including phenoxy) is 2. The van der Waals surface area contributed by atoms with Gasteiger partial charge in [0.1, 0.15) is 0 Å². The monoisotopic (exact) mass is 321 g/mol. The topological polar surface area (TPSA) is 30.5 Å². The molecule has 1 N–H and O–H groups in total. The van der Waals surface area contributed by atoms with Gasteiger partial charge in [0.15, 0.2) is 6.29 Å². The molecule has 17 heavy (non-hydrogen) atoms. The van der Waals surface area contributed by atoms with Crippen molar-refractivity contribution in [2.45, 2.75) is 32.1 Å². The minimum atomic E-state index is -0.212. The second-order valence-corrected chi connectivity index (χ2v) is 5.65. The highest BCUT2D eigenvalue weighted by Crippen LogP contribution is 2.25. The predicted octanol–water partition coefficient (Wildman–Crippen LogP) is 3.04. The highest BCUT2D eigenvalue weighted by atomic mass is 79.9. The Bertz CT molecular complexity index is 315. The van der Waals surface area contributed by atoms with Gasteiger partial charge in [0.25, 0.3) is 0 Å². The Morgan fingerprint density at radius 2 is 2.12 bits per heavy atom. The van der Waals surface area contributed by atoms with Crippen LogP contribution < -0.4 is 5.32 Å².